The van der Waals surface area contributed by atoms with Gasteiger partial charge in [-0.15, -0.1) is 0 Å². The third-order valence-electron chi connectivity index (χ3n) is 5.10. The molecular formula is C22H29N3O2. The van der Waals surface area contributed by atoms with E-state index < -0.39 is 0 Å². The molecule has 2 aromatic carbocycles. The lowest BCUT2D eigenvalue weighted by Gasteiger charge is -2.34. The lowest BCUT2D eigenvalue weighted by atomic mass is 10.1. The highest BCUT2D eigenvalue weighted by atomic mass is 16.5. The minimum absolute atomic E-state index is 0.000995. The monoisotopic (exact) mass is 367 g/mol. The van der Waals surface area contributed by atoms with Crippen molar-refractivity contribution in [2.75, 3.05) is 39.3 Å². The van der Waals surface area contributed by atoms with Crippen molar-refractivity contribution in [3.05, 3.63) is 65.2 Å². The topological polar surface area (TPSA) is 44.8 Å². The molecule has 1 N–H and O–H groups in total. The Labute approximate surface area is 161 Å². The number of amides is 2. The van der Waals surface area contributed by atoms with Crippen LogP contribution in [0.4, 0.5) is 4.79 Å². The molecule has 27 heavy (non-hydrogen) atoms. The number of hydrogen-bond donors (Lipinski definition) is 1. The molecule has 0 aromatic heterocycles. The van der Waals surface area contributed by atoms with Crippen LogP contribution in [-0.4, -0.2) is 55.2 Å². The number of nitrogens with zero attached hydrogens (tertiary/aromatic N) is 2. The Kier molecular flexibility index (Phi) is 6.71. The van der Waals surface area contributed by atoms with E-state index in [2.05, 4.69) is 54.4 Å². The molecule has 0 spiro atoms. The Hall–Kier alpha value is -2.53. The molecule has 1 saturated heterocycles. The third kappa shape index (κ3) is 5.47. The standard InChI is InChI=1S/C22H29N3O2/c1-18-7-6-10-21(19(18)2)27-16-11-23-22(26)25-14-12-24(13-15-25)17-20-8-4-3-5-9-20/h3-10H,11-17H2,1-2H3,(H,23,26). The van der Waals surface area contributed by atoms with Gasteiger partial charge in [0.15, 0.2) is 0 Å². The van der Waals surface area contributed by atoms with Crippen molar-refractivity contribution in [1.29, 1.82) is 0 Å². The second-order valence-electron chi connectivity index (χ2n) is 7.03. The molecule has 0 bridgehead atoms. The number of benzene rings is 2. The molecule has 144 valence electrons. The first kappa shape index (κ1) is 19.2. The van der Waals surface area contributed by atoms with Crippen molar-refractivity contribution < 1.29 is 9.53 Å². The van der Waals surface area contributed by atoms with E-state index in [9.17, 15) is 4.79 Å². The minimum atomic E-state index is -0.000995. The molecule has 5 nitrogen and oxygen atoms in total. The van der Waals surface area contributed by atoms with Crippen molar-refractivity contribution in [3.63, 3.8) is 0 Å². The summed E-state index contributed by atoms with van der Waals surface area (Å²) in [6.07, 6.45) is 0. The van der Waals surface area contributed by atoms with Crippen LogP contribution in [0.5, 0.6) is 5.75 Å². The molecule has 3 rings (SSSR count). The molecule has 2 aromatic rings. The van der Waals surface area contributed by atoms with Crippen molar-refractivity contribution in [1.82, 2.24) is 15.1 Å². The van der Waals surface area contributed by atoms with Gasteiger partial charge in [-0.05, 0) is 36.6 Å². The van der Waals surface area contributed by atoms with Gasteiger partial charge >= 0.3 is 6.03 Å². The lowest BCUT2D eigenvalue weighted by molar-refractivity contribution is 0.134. The molecule has 0 unspecified atom stereocenters. The first-order valence-electron chi connectivity index (χ1n) is 9.61. The quantitative estimate of drug-likeness (QED) is 0.798. The maximum absolute atomic E-state index is 12.3. The smallest absolute Gasteiger partial charge is 0.317 e. The summed E-state index contributed by atoms with van der Waals surface area (Å²) in [4.78, 5) is 16.6. The number of rotatable bonds is 6. The van der Waals surface area contributed by atoms with Crippen LogP contribution in [-0.2, 0) is 6.54 Å². The van der Waals surface area contributed by atoms with Gasteiger partial charge in [0.05, 0.1) is 6.54 Å². The summed E-state index contributed by atoms with van der Waals surface area (Å²) in [5.41, 5.74) is 3.68. The van der Waals surface area contributed by atoms with E-state index in [-0.39, 0.29) is 6.03 Å². The zero-order chi connectivity index (χ0) is 19.1. The average Bonchev–Trinajstić information content (AvgIpc) is 2.69. The van der Waals surface area contributed by atoms with Gasteiger partial charge < -0.3 is 15.0 Å². The average molecular weight is 367 g/mol. The van der Waals surface area contributed by atoms with Gasteiger partial charge in [0.2, 0.25) is 0 Å². The van der Waals surface area contributed by atoms with Gasteiger partial charge in [0, 0.05) is 32.7 Å². The number of urea groups is 1. The van der Waals surface area contributed by atoms with Crippen LogP contribution in [0.3, 0.4) is 0 Å². The molecule has 1 heterocycles. The van der Waals surface area contributed by atoms with Gasteiger partial charge in [-0.1, -0.05) is 42.5 Å². The van der Waals surface area contributed by atoms with Gasteiger partial charge in [-0.25, -0.2) is 4.79 Å². The molecule has 0 atom stereocenters. The number of carbonyl (C=O) groups is 1. The number of carbonyl (C=O) groups excluding carboxylic acids is 1. The summed E-state index contributed by atoms with van der Waals surface area (Å²) >= 11 is 0. The molecule has 0 aliphatic carbocycles. The summed E-state index contributed by atoms with van der Waals surface area (Å²) in [5, 5.41) is 2.96. The van der Waals surface area contributed by atoms with Crippen molar-refractivity contribution in [3.8, 4) is 5.75 Å². The van der Waals surface area contributed by atoms with Crippen LogP contribution in [0.2, 0.25) is 0 Å². The predicted molar refractivity (Wildman–Crippen MR) is 108 cm³/mol. The van der Waals surface area contributed by atoms with Crippen molar-refractivity contribution in [2.45, 2.75) is 20.4 Å². The molecule has 1 fully saturated rings. The van der Waals surface area contributed by atoms with Crippen LogP contribution in [0.15, 0.2) is 48.5 Å². The zero-order valence-corrected chi connectivity index (χ0v) is 16.3. The van der Waals surface area contributed by atoms with E-state index in [0.717, 1.165) is 44.0 Å². The van der Waals surface area contributed by atoms with Crippen molar-refractivity contribution in [2.24, 2.45) is 0 Å². The third-order valence-corrected chi connectivity index (χ3v) is 5.10. The summed E-state index contributed by atoms with van der Waals surface area (Å²) in [5.74, 6) is 0.888. The first-order chi connectivity index (χ1) is 13.1. The van der Waals surface area contributed by atoms with Crippen LogP contribution in [0, 0.1) is 13.8 Å². The normalized spacial score (nSPS) is 14.8. The van der Waals surface area contributed by atoms with Gasteiger partial charge in [-0.3, -0.25) is 4.90 Å². The Morgan fingerprint density at radius 3 is 2.48 bits per heavy atom. The highest BCUT2D eigenvalue weighted by molar-refractivity contribution is 5.74. The Bertz CT molecular complexity index is 740. The Morgan fingerprint density at radius 1 is 1.00 bits per heavy atom. The van der Waals surface area contributed by atoms with E-state index in [0.29, 0.717) is 13.2 Å². The van der Waals surface area contributed by atoms with E-state index in [4.69, 9.17) is 4.74 Å². The Morgan fingerprint density at radius 2 is 1.74 bits per heavy atom. The fourth-order valence-corrected chi connectivity index (χ4v) is 3.26. The number of ether oxygens (including phenoxy) is 1. The predicted octanol–water partition coefficient (Wildman–Crippen LogP) is 3.21. The largest absolute Gasteiger partial charge is 0.491 e. The number of aryl methyl sites for hydroxylation is 1. The van der Waals surface area contributed by atoms with Gasteiger partial charge in [0.1, 0.15) is 12.4 Å². The van der Waals surface area contributed by atoms with E-state index in [1.54, 1.807) is 0 Å². The second-order valence-corrected chi connectivity index (χ2v) is 7.03. The van der Waals surface area contributed by atoms with Crippen LogP contribution >= 0.6 is 0 Å². The van der Waals surface area contributed by atoms with E-state index in [1.807, 2.05) is 23.1 Å². The summed E-state index contributed by atoms with van der Waals surface area (Å²) in [7, 11) is 0. The number of nitrogens with one attached hydrogen (secondary N) is 1. The fraction of sp³-hybridized carbons (Fsp3) is 0.409. The Balaban J connectivity index is 1.35. The molecular weight excluding hydrogens is 338 g/mol. The molecule has 1 aliphatic rings. The van der Waals surface area contributed by atoms with Crippen LogP contribution in [0.1, 0.15) is 16.7 Å². The minimum Gasteiger partial charge on any atom is -0.491 e. The zero-order valence-electron chi connectivity index (χ0n) is 16.3. The van der Waals surface area contributed by atoms with Crippen LogP contribution < -0.4 is 10.1 Å². The molecule has 5 heteroatoms. The molecule has 2 amide bonds. The molecule has 1 aliphatic heterocycles. The molecule has 0 radical (unpaired) electrons. The summed E-state index contributed by atoms with van der Waals surface area (Å²) in [6.45, 7) is 9.38. The van der Waals surface area contributed by atoms with Crippen molar-refractivity contribution >= 4 is 6.03 Å². The fourth-order valence-electron chi connectivity index (χ4n) is 3.26. The maximum atomic E-state index is 12.3. The summed E-state index contributed by atoms with van der Waals surface area (Å²) < 4.78 is 5.80. The highest BCUT2D eigenvalue weighted by Crippen LogP contribution is 2.20. The molecule has 0 saturated carbocycles. The summed E-state index contributed by atoms with van der Waals surface area (Å²) in [6, 6.07) is 16.5. The number of hydrogen-bond acceptors (Lipinski definition) is 3. The lowest BCUT2D eigenvalue weighted by Crippen LogP contribution is -2.51. The van der Waals surface area contributed by atoms with Gasteiger partial charge in [0.25, 0.3) is 0 Å². The van der Waals surface area contributed by atoms with E-state index in [1.165, 1.54) is 11.1 Å². The highest BCUT2D eigenvalue weighted by Gasteiger charge is 2.20. The first-order valence-corrected chi connectivity index (χ1v) is 9.61. The van der Waals surface area contributed by atoms with Gasteiger partial charge in [-0.2, -0.15) is 0 Å². The SMILES string of the molecule is Cc1cccc(OCCNC(=O)N2CCN(Cc3ccccc3)CC2)c1C. The second kappa shape index (κ2) is 9.42. The maximum Gasteiger partial charge on any atom is 0.317 e. The number of piperazine rings is 1. The van der Waals surface area contributed by atoms with Crippen LogP contribution in [0.25, 0.3) is 0 Å². The van der Waals surface area contributed by atoms with E-state index >= 15 is 0 Å².